The molecule has 0 aliphatic rings. The monoisotopic (exact) mass is 149 g/mol. The van der Waals surface area contributed by atoms with Gasteiger partial charge in [-0.3, -0.25) is 9.09 Å². The molecule has 0 aromatic carbocycles. The molecule has 1 atom stereocenters. The number of nitrogens with zero attached hydrogens (tertiary/aromatic N) is 1. The largest absolute Gasteiger partial charge is 0.328 e. The van der Waals surface area contributed by atoms with E-state index in [2.05, 4.69) is 9.05 Å². The van der Waals surface area contributed by atoms with Gasteiger partial charge < -0.3 is 4.52 Å². The SMILES string of the molecule is COP(C)(=O)OCC#N. The fraction of sp³-hybridized carbons (Fsp3) is 0.750. The Morgan fingerprint density at radius 3 is 2.67 bits per heavy atom. The van der Waals surface area contributed by atoms with Gasteiger partial charge in [-0.25, -0.2) is 0 Å². The predicted octanol–water partition coefficient (Wildman–Crippen LogP) is 0.996. The van der Waals surface area contributed by atoms with Gasteiger partial charge in [-0.15, -0.1) is 0 Å². The summed E-state index contributed by atoms with van der Waals surface area (Å²) in [7, 11) is -1.64. The van der Waals surface area contributed by atoms with Crippen LogP contribution >= 0.6 is 7.60 Å². The van der Waals surface area contributed by atoms with Crippen LogP contribution in [0.4, 0.5) is 0 Å². The average Bonchev–Trinajstić information content (AvgIpc) is 1.84. The first-order valence-corrected chi connectivity index (χ1v) is 4.26. The smallest absolute Gasteiger partial charge is 0.312 e. The van der Waals surface area contributed by atoms with Crippen molar-refractivity contribution in [1.82, 2.24) is 0 Å². The van der Waals surface area contributed by atoms with Crippen molar-refractivity contribution in [2.75, 3.05) is 20.4 Å². The summed E-state index contributed by atoms with van der Waals surface area (Å²) in [6.45, 7) is 1.12. The van der Waals surface area contributed by atoms with E-state index in [4.69, 9.17) is 5.26 Å². The maximum atomic E-state index is 10.7. The average molecular weight is 149 g/mol. The second-order valence-electron chi connectivity index (χ2n) is 1.39. The molecule has 5 heteroatoms. The zero-order chi connectivity index (χ0) is 7.33. The highest BCUT2D eigenvalue weighted by Crippen LogP contribution is 2.41. The van der Waals surface area contributed by atoms with Crippen molar-refractivity contribution in [2.24, 2.45) is 0 Å². The standard InChI is InChI=1S/C4H8NO3P/c1-7-9(2,6)8-4-3-5/h4H2,1-2H3. The first-order chi connectivity index (χ1) is 4.12. The zero-order valence-electron chi connectivity index (χ0n) is 5.33. The third kappa shape index (κ3) is 4.16. The van der Waals surface area contributed by atoms with Crippen molar-refractivity contribution >= 4 is 7.60 Å². The quantitative estimate of drug-likeness (QED) is 0.561. The molecule has 0 saturated carbocycles. The van der Waals surface area contributed by atoms with Crippen LogP contribution in [0.25, 0.3) is 0 Å². The van der Waals surface area contributed by atoms with Crippen molar-refractivity contribution in [3.8, 4) is 6.07 Å². The molecule has 4 nitrogen and oxygen atoms in total. The van der Waals surface area contributed by atoms with E-state index in [1.54, 1.807) is 6.07 Å². The first kappa shape index (κ1) is 8.64. The first-order valence-electron chi connectivity index (χ1n) is 2.27. The van der Waals surface area contributed by atoms with E-state index in [0.29, 0.717) is 0 Å². The summed E-state index contributed by atoms with van der Waals surface area (Å²) in [6, 6.07) is 1.68. The van der Waals surface area contributed by atoms with Gasteiger partial charge in [0.2, 0.25) is 0 Å². The van der Waals surface area contributed by atoms with Crippen molar-refractivity contribution in [2.45, 2.75) is 0 Å². The highest BCUT2D eigenvalue weighted by Gasteiger charge is 2.12. The van der Waals surface area contributed by atoms with E-state index in [0.717, 1.165) is 0 Å². The minimum absolute atomic E-state index is 0.193. The van der Waals surface area contributed by atoms with Gasteiger partial charge in [0.05, 0.1) is 6.07 Å². The van der Waals surface area contributed by atoms with Gasteiger partial charge in [-0.1, -0.05) is 0 Å². The molecule has 0 saturated heterocycles. The molecule has 0 aromatic rings. The third-order valence-electron chi connectivity index (χ3n) is 0.695. The maximum absolute atomic E-state index is 10.7. The molecule has 0 N–H and O–H groups in total. The number of hydrogen-bond donors (Lipinski definition) is 0. The lowest BCUT2D eigenvalue weighted by Gasteiger charge is -2.06. The van der Waals surface area contributed by atoms with Crippen molar-refractivity contribution in [3.05, 3.63) is 0 Å². The van der Waals surface area contributed by atoms with Crippen molar-refractivity contribution < 1.29 is 13.6 Å². The summed E-state index contributed by atoms with van der Waals surface area (Å²) in [5, 5.41) is 7.97. The Morgan fingerprint density at radius 2 is 2.33 bits per heavy atom. The van der Waals surface area contributed by atoms with Crippen LogP contribution < -0.4 is 0 Å². The van der Waals surface area contributed by atoms with Gasteiger partial charge in [0.15, 0.2) is 0 Å². The lowest BCUT2D eigenvalue weighted by atomic mass is 10.9. The van der Waals surface area contributed by atoms with Crippen LogP contribution in [-0.4, -0.2) is 20.4 Å². The third-order valence-corrected chi connectivity index (χ3v) is 1.96. The molecule has 0 rings (SSSR count). The molecule has 0 amide bonds. The van der Waals surface area contributed by atoms with Gasteiger partial charge in [-0.05, 0) is 0 Å². The minimum atomic E-state index is -2.91. The van der Waals surface area contributed by atoms with Gasteiger partial charge in [-0.2, -0.15) is 5.26 Å². The van der Waals surface area contributed by atoms with Crippen LogP contribution in [0.5, 0.6) is 0 Å². The summed E-state index contributed by atoms with van der Waals surface area (Å²) >= 11 is 0. The van der Waals surface area contributed by atoms with Crippen LogP contribution in [0.15, 0.2) is 0 Å². The fourth-order valence-electron chi connectivity index (χ4n) is 0.199. The van der Waals surface area contributed by atoms with Crippen molar-refractivity contribution in [3.63, 3.8) is 0 Å². The lowest BCUT2D eigenvalue weighted by molar-refractivity contribution is 0.263. The summed E-state index contributed by atoms with van der Waals surface area (Å²) < 4.78 is 19.7. The molecule has 0 aliphatic carbocycles. The lowest BCUT2D eigenvalue weighted by Crippen LogP contribution is -1.89. The summed E-state index contributed by atoms with van der Waals surface area (Å²) in [5.41, 5.74) is 0. The predicted molar refractivity (Wildman–Crippen MR) is 32.1 cm³/mol. The fourth-order valence-corrected chi connectivity index (χ4v) is 0.596. The summed E-state index contributed by atoms with van der Waals surface area (Å²) in [6.07, 6.45) is 0. The number of rotatable bonds is 3. The molecular weight excluding hydrogens is 141 g/mol. The van der Waals surface area contributed by atoms with Crippen LogP contribution in [0.1, 0.15) is 0 Å². The van der Waals surface area contributed by atoms with Gasteiger partial charge in [0.1, 0.15) is 6.61 Å². The topological polar surface area (TPSA) is 59.3 Å². The molecule has 0 bridgehead atoms. The van der Waals surface area contributed by atoms with Crippen molar-refractivity contribution in [1.29, 1.82) is 5.26 Å². The Balaban J connectivity index is 3.63. The Bertz CT molecular complexity index is 162. The van der Waals surface area contributed by atoms with E-state index >= 15 is 0 Å². The second-order valence-corrected chi connectivity index (χ2v) is 3.55. The van der Waals surface area contributed by atoms with E-state index in [1.165, 1.54) is 13.8 Å². The maximum Gasteiger partial charge on any atom is 0.328 e. The molecule has 0 fully saturated rings. The molecular formula is C4H8NO3P. The molecule has 1 unspecified atom stereocenters. The molecule has 0 spiro atoms. The molecule has 0 radical (unpaired) electrons. The number of hydrogen-bond acceptors (Lipinski definition) is 4. The second kappa shape index (κ2) is 3.62. The van der Waals surface area contributed by atoms with Gasteiger partial charge in [0, 0.05) is 13.8 Å². The van der Waals surface area contributed by atoms with Crippen LogP contribution in [0, 0.1) is 11.3 Å². The van der Waals surface area contributed by atoms with Crippen LogP contribution in [0.2, 0.25) is 0 Å². The van der Waals surface area contributed by atoms with E-state index in [-0.39, 0.29) is 6.61 Å². The van der Waals surface area contributed by atoms with E-state index in [1.807, 2.05) is 0 Å². The van der Waals surface area contributed by atoms with Crippen LogP contribution in [-0.2, 0) is 13.6 Å². The molecule has 52 valence electrons. The van der Waals surface area contributed by atoms with E-state index in [9.17, 15) is 4.57 Å². The van der Waals surface area contributed by atoms with E-state index < -0.39 is 7.60 Å². The molecule has 0 aromatic heterocycles. The Labute approximate surface area is 53.9 Å². The van der Waals surface area contributed by atoms with Crippen LogP contribution in [0.3, 0.4) is 0 Å². The zero-order valence-corrected chi connectivity index (χ0v) is 6.22. The number of nitriles is 1. The highest BCUT2D eigenvalue weighted by molar-refractivity contribution is 7.52. The van der Waals surface area contributed by atoms with Gasteiger partial charge in [0.25, 0.3) is 0 Å². The summed E-state index contributed by atoms with van der Waals surface area (Å²) in [4.78, 5) is 0. The molecule has 0 heterocycles. The molecule has 0 aliphatic heterocycles. The normalized spacial score (nSPS) is 16.1. The molecule has 9 heavy (non-hydrogen) atoms. The summed E-state index contributed by atoms with van der Waals surface area (Å²) in [5.74, 6) is 0. The Kier molecular flexibility index (Phi) is 3.48. The minimum Gasteiger partial charge on any atom is -0.312 e. The highest BCUT2D eigenvalue weighted by atomic mass is 31.2. The van der Waals surface area contributed by atoms with Gasteiger partial charge >= 0.3 is 7.60 Å². The Hall–Kier alpha value is -0.360. The Morgan fingerprint density at radius 1 is 1.78 bits per heavy atom.